The summed E-state index contributed by atoms with van der Waals surface area (Å²) in [7, 11) is 0. The Morgan fingerprint density at radius 3 is 1.08 bits per heavy atom. The van der Waals surface area contributed by atoms with Crippen molar-refractivity contribution in [2.24, 2.45) is 0 Å². The molecule has 0 aliphatic rings. The van der Waals surface area contributed by atoms with E-state index in [0.29, 0.717) is 11.6 Å². The summed E-state index contributed by atoms with van der Waals surface area (Å²) >= 11 is 3.53. The summed E-state index contributed by atoms with van der Waals surface area (Å²) < 4.78 is 2.37. The van der Waals surface area contributed by atoms with Crippen LogP contribution in [0.15, 0.2) is 224 Å². The molecule has 3 heterocycles. The Balaban J connectivity index is 0.00000232. The summed E-state index contributed by atoms with van der Waals surface area (Å²) in [5.41, 5.74) is 14.7. The van der Waals surface area contributed by atoms with Crippen LogP contribution < -0.4 is 0 Å². The average molecular weight is 828 g/mol. The zero-order valence-corrected chi connectivity index (χ0v) is 35.4. The van der Waals surface area contributed by atoms with Crippen molar-refractivity contribution in [1.82, 2.24) is 24.5 Å². The van der Waals surface area contributed by atoms with E-state index in [-0.39, 0.29) is 0 Å². The molecule has 0 saturated carbocycles. The first-order valence-corrected chi connectivity index (χ1v) is 21.8. The van der Waals surface area contributed by atoms with E-state index in [4.69, 9.17) is 19.9 Å². The molecule has 0 aliphatic heterocycles. The Hall–Kier alpha value is -7.93. The fraction of sp³-hybridized carbons (Fsp3) is 0.0175. The van der Waals surface area contributed by atoms with Gasteiger partial charge in [-0.3, -0.25) is 0 Å². The van der Waals surface area contributed by atoms with Gasteiger partial charge in [-0.05, 0) is 72.0 Å². The third-order valence-electron chi connectivity index (χ3n) is 11.2. The summed E-state index contributed by atoms with van der Waals surface area (Å²) in [6.07, 6.45) is 1.69. The maximum Gasteiger partial charge on any atom is 0.160 e. The second-order valence-electron chi connectivity index (χ2n) is 15.1. The van der Waals surface area contributed by atoms with Gasteiger partial charge in [-0.2, -0.15) is 12.6 Å². The first-order valence-electron chi connectivity index (χ1n) is 20.9. The number of aromatic nitrogens is 5. The molecule has 8 aromatic carbocycles. The Bertz CT molecular complexity index is 3040. The zero-order chi connectivity index (χ0) is 42.5. The molecule has 63 heavy (non-hydrogen) atoms. The molecule has 11 aromatic rings. The Morgan fingerprint density at radius 2 is 0.635 bits per heavy atom. The lowest BCUT2D eigenvalue weighted by molar-refractivity contribution is 1.18. The number of benzene rings is 8. The van der Waals surface area contributed by atoms with Crippen molar-refractivity contribution < 1.29 is 0 Å². The predicted octanol–water partition coefficient (Wildman–Crippen LogP) is 14.6. The number of thiol groups is 1. The Morgan fingerprint density at radius 1 is 0.286 bits per heavy atom. The summed E-state index contributed by atoms with van der Waals surface area (Å²) in [5.74, 6) is 1.33. The molecule has 0 bridgehead atoms. The van der Waals surface area contributed by atoms with E-state index in [9.17, 15) is 0 Å². The van der Waals surface area contributed by atoms with Crippen molar-refractivity contribution in [2.75, 3.05) is 6.26 Å². The minimum atomic E-state index is 0.664. The maximum absolute atomic E-state index is 5.28. The predicted molar refractivity (Wildman–Crippen MR) is 265 cm³/mol. The van der Waals surface area contributed by atoms with Crippen LogP contribution in [0.5, 0.6) is 0 Å². The van der Waals surface area contributed by atoms with E-state index in [0.717, 1.165) is 73.0 Å². The lowest BCUT2D eigenvalue weighted by Gasteiger charge is -2.15. The van der Waals surface area contributed by atoms with Gasteiger partial charge < -0.3 is 4.57 Å². The van der Waals surface area contributed by atoms with E-state index in [1.807, 2.05) is 72.8 Å². The van der Waals surface area contributed by atoms with Gasteiger partial charge in [0.25, 0.3) is 0 Å². The third kappa shape index (κ3) is 7.92. The van der Waals surface area contributed by atoms with Crippen LogP contribution in [0.3, 0.4) is 0 Å². The number of fused-ring (bicyclic) bond motifs is 3. The highest BCUT2D eigenvalue weighted by Crippen LogP contribution is 2.38. The largest absolute Gasteiger partial charge is 0.309 e. The molecule has 0 radical (unpaired) electrons. The molecule has 0 amide bonds. The van der Waals surface area contributed by atoms with Gasteiger partial charge in [0, 0.05) is 49.8 Å². The monoisotopic (exact) mass is 827 g/mol. The number of hydrogen-bond acceptors (Lipinski definition) is 5. The van der Waals surface area contributed by atoms with Gasteiger partial charge in [0.2, 0.25) is 0 Å². The first kappa shape index (κ1) is 39.2. The van der Waals surface area contributed by atoms with Crippen LogP contribution in [0.25, 0.3) is 106 Å². The van der Waals surface area contributed by atoms with E-state index >= 15 is 0 Å². The van der Waals surface area contributed by atoms with Gasteiger partial charge in [-0.15, -0.1) is 0 Å². The molecule has 0 atom stereocenters. The van der Waals surface area contributed by atoms with Crippen molar-refractivity contribution in [1.29, 1.82) is 0 Å². The SMILES string of the molecule is CS.c1ccc(-c2cc(-c3cc(-c4cccc(-n5c6ccccc6c6ccccc65)c4)cc(-c4cc(-c5ccccc5)nc(-c5ccccc5)n4)c3)nc(-c3ccccc3)n2)cc1. The summed E-state index contributed by atoms with van der Waals surface area (Å²) in [5, 5.41) is 2.46. The van der Waals surface area contributed by atoms with Gasteiger partial charge in [0.15, 0.2) is 11.6 Å². The molecule has 0 saturated heterocycles. The number of nitrogens with zero attached hydrogens (tertiary/aromatic N) is 5. The molecule has 3 aromatic heterocycles. The molecule has 0 unspecified atom stereocenters. The second-order valence-corrected chi connectivity index (χ2v) is 15.1. The van der Waals surface area contributed by atoms with Gasteiger partial charge >= 0.3 is 0 Å². The summed E-state index contributed by atoms with van der Waals surface area (Å²) in [6, 6.07) is 78.0. The second kappa shape index (κ2) is 17.6. The van der Waals surface area contributed by atoms with Crippen LogP contribution >= 0.6 is 12.6 Å². The molecule has 0 N–H and O–H groups in total. The maximum atomic E-state index is 5.28. The van der Waals surface area contributed by atoms with Crippen LogP contribution in [0.1, 0.15) is 0 Å². The fourth-order valence-electron chi connectivity index (χ4n) is 8.25. The highest BCUT2D eigenvalue weighted by Gasteiger charge is 2.18. The highest BCUT2D eigenvalue weighted by molar-refractivity contribution is 7.79. The zero-order valence-electron chi connectivity index (χ0n) is 34.5. The van der Waals surface area contributed by atoms with E-state index in [1.165, 1.54) is 21.8 Å². The number of rotatable bonds is 8. The van der Waals surface area contributed by atoms with Gasteiger partial charge in [0.1, 0.15) is 0 Å². The van der Waals surface area contributed by atoms with E-state index < -0.39 is 0 Å². The first-order chi connectivity index (χ1) is 31.2. The molecule has 11 rings (SSSR count). The van der Waals surface area contributed by atoms with Crippen molar-refractivity contribution in [3.63, 3.8) is 0 Å². The van der Waals surface area contributed by atoms with Gasteiger partial charge in [-0.25, -0.2) is 19.9 Å². The van der Waals surface area contributed by atoms with Crippen molar-refractivity contribution in [2.45, 2.75) is 0 Å². The molecule has 6 heteroatoms. The van der Waals surface area contributed by atoms with Crippen molar-refractivity contribution in [3.8, 4) is 84.6 Å². The molecule has 0 fully saturated rings. The molecule has 0 spiro atoms. The Labute approximate surface area is 372 Å². The van der Waals surface area contributed by atoms with Gasteiger partial charge in [0.05, 0.1) is 33.8 Å². The van der Waals surface area contributed by atoms with Crippen LogP contribution in [0.4, 0.5) is 0 Å². The quantitative estimate of drug-likeness (QED) is 0.155. The standard InChI is InChI=1S/C56H37N5.CH4S/c1-5-18-38(19-6-1)49-36-51(59-55(57-49)40-22-9-3-10-23-40)44-32-43(42-26-17-27-46(35-42)61-53-30-15-13-28-47(53)48-29-14-16-31-54(48)61)33-45(34-44)52-37-50(39-20-7-2-8-21-39)58-56(60-52)41-24-11-4-12-25-41;1-2/h1-37H;2H,1H3. The van der Waals surface area contributed by atoms with E-state index in [1.54, 1.807) is 6.26 Å². The number of para-hydroxylation sites is 2. The molecule has 300 valence electrons. The van der Waals surface area contributed by atoms with Crippen LogP contribution in [-0.4, -0.2) is 30.8 Å². The van der Waals surface area contributed by atoms with Crippen molar-refractivity contribution >= 4 is 34.4 Å². The molecular formula is C57H41N5S. The minimum absolute atomic E-state index is 0.664. The molecule has 5 nitrogen and oxygen atoms in total. The summed E-state index contributed by atoms with van der Waals surface area (Å²) in [4.78, 5) is 20.8. The minimum Gasteiger partial charge on any atom is -0.309 e. The van der Waals surface area contributed by atoms with Crippen LogP contribution in [-0.2, 0) is 0 Å². The number of hydrogen-bond donors (Lipinski definition) is 1. The lowest BCUT2D eigenvalue weighted by Crippen LogP contribution is -1.98. The fourth-order valence-corrected chi connectivity index (χ4v) is 8.25. The van der Waals surface area contributed by atoms with Crippen molar-refractivity contribution in [3.05, 3.63) is 224 Å². The normalized spacial score (nSPS) is 11.0. The molecule has 0 aliphatic carbocycles. The average Bonchev–Trinajstić information content (AvgIpc) is 3.72. The topological polar surface area (TPSA) is 56.5 Å². The lowest BCUT2D eigenvalue weighted by atomic mass is 9.95. The Kier molecular flexibility index (Phi) is 10.9. The third-order valence-corrected chi connectivity index (χ3v) is 11.2. The molecular weight excluding hydrogens is 787 g/mol. The summed E-state index contributed by atoms with van der Waals surface area (Å²) in [6.45, 7) is 0. The van der Waals surface area contributed by atoms with Gasteiger partial charge in [-0.1, -0.05) is 170 Å². The highest BCUT2D eigenvalue weighted by atomic mass is 32.1. The van der Waals surface area contributed by atoms with E-state index in [2.05, 4.69) is 169 Å². The smallest absolute Gasteiger partial charge is 0.160 e. The van der Waals surface area contributed by atoms with Crippen LogP contribution in [0, 0.1) is 0 Å². The van der Waals surface area contributed by atoms with Crippen LogP contribution in [0.2, 0.25) is 0 Å².